The molecule has 2 aromatic rings. The largest absolute Gasteiger partial charge is 0.419 e. The van der Waals surface area contributed by atoms with Gasteiger partial charge in [0.2, 0.25) is 0 Å². The third-order valence-corrected chi connectivity index (χ3v) is 7.17. The van der Waals surface area contributed by atoms with Crippen molar-refractivity contribution in [3.63, 3.8) is 0 Å². The van der Waals surface area contributed by atoms with Crippen molar-refractivity contribution < 1.29 is 19.1 Å². The summed E-state index contributed by atoms with van der Waals surface area (Å²) in [5, 5.41) is 3.44. The Labute approximate surface area is 246 Å². The first kappa shape index (κ1) is 32.0. The zero-order valence-electron chi connectivity index (χ0n) is 26.5. The highest BCUT2D eigenvalue weighted by molar-refractivity contribution is 6.16. The smallest absolute Gasteiger partial charge is 0.352 e. The highest BCUT2D eigenvalue weighted by Gasteiger charge is 2.43. The minimum Gasteiger partial charge on any atom is -0.419 e. The van der Waals surface area contributed by atoms with Crippen LogP contribution in [0.2, 0.25) is 0 Å². The van der Waals surface area contributed by atoms with Gasteiger partial charge in [0.1, 0.15) is 5.82 Å². The highest BCUT2D eigenvalue weighted by atomic mass is 16.7. The van der Waals surface area contributed by atoms with Gasteiger partial charge in [-0.25, -0.2) is 9.59 Å². The standard InChI is InChI=1S/C34H49N3O4/c1-10-12-13-27(11-2)37(23-25-16-14-24(15-17-25)22-33(3,4)5)30(29-31(38)40-34(6,7)41-32(29)39)35-26-18-20-28(21-19-26)36(8)9/h14-21,27,35H,10-13,22-23H2,1-9H3. The summed E-state index contributed by atoms with van der Waals surface area (Å²) in [5.41, 5.74) is 4.27. The minimum atomic E-state index is -1.32. The Balaban J connectivity index is 2.12. The first-order valence-corrected chi connectivity index (χ1v) is 14.8. The van der Waals surface area contributed by atoms with E-state index in [9.17, 15) is 9.59 Å². The molecule has 0 amide bonds. The summed E-state index contributed by atoms with van der Waals surface area (Å²) < 4.78 is 11.1. The van der Waals surface area contributed by atoms with E-state index in [0.717, 1.165) is 49.0 Å². The monoisotopic (exact) mass is 563 g/mol. The number of rotatable bonds is 12. The fraction of sp³-hybridized carbons (Fsp3) is 0.529. The van der Waals surface area contributed by atoms with Crippen molar-refractivity contribution in [2.75, 3.05) is 24.3 Å². The van der Waals surface area contributed by atoms with Gasteiger partial charge in [-0.1, -0.05) is 71.7 Å². The number of nitrogens with zero attached hydrogens (tertiary/aromatic N) is 2. The number of carbonyl (C=O) groups is 2. The van der Waals surface area contributed by atoms with Gasteiger partial charge in [0.15, 0.2) is 5.57 Å². The minimum absolute atomic E-state index is 0.0794. The van der Waals surface area contributed by atoms with E-state index in [1.54, 1.807) is 13.8 Å². The van der Waals surface area contributed by atoms with Gasteiger partial charge >= 0.3 is 11.9 Å². The zero-order valence-corrected chi connectivity index (χ0v) is 26.5. The molecule has 1 heterocycles. The van der Waals surface area contributed by atoms with Gasteiger partial charge in [-0.3, -0.25) is 0 Å². The number of carbonyl (C=O) groups excluding carboxylic acids is 2. The molecule has 0 aromatic heterocycles. The molecule has 0 aliphatic carbocycles. The second-order valence-corrected chi connectivity index (χ2v) is 12.9. The average molecular weight is 564 g/mol. The molecule has 7 nitrogen and oxygen atoms in total. The molecule has 3 rings (SSSR count). The highest BCUT2D eigenvalue weighted by Crippen LogP contribution is 2.31. The maximum atomic E-state index is 13.4. The van der Waals surface area contributed by atoms with E-state index in [2.05, 4.69) is 69.1 Å². The molecule has 0 spiro atoms. The van der Waals surface area contributed by atoms with Crippen molar-refractivity contribution in [1.82, 2.24) is 4.90 Å². The Morgan fingerprint density at radius 3 is 1.95 bits per heavy atom. The molecular weight excluding hydrogens is 514 g/mol. The Morgan fingerprint density at radius 2 is 1.46 bits per heavy atom. The van der Waals surface area contributed by atoms with Crippen LogP contribution in [0.25, 0.3) is 0 Å². The number of ether oxygens (including phenoxy) is 2. The third-order valence-electron chi connectivity index (χ3n) is 7.17. The molecule has 7 heteroatoms. The van der Waals surface area contributed by atoms with Crippen LogP contribution < -0.4 is 10.2 Å². The summed E-state index contributed by atoms with van der Waals surface area (Å²) in [7, 11) is 3.97. The molecule has 41 heavy (non-hydrogen) atoms. The fourth-order valence-electron chi connectivity index (χ4n) is 5.09. The molecule has 0 saturated carbocycles. The lowest BCUT2D eigenvalue weighted by Crippen LogP contribution is -2.46. The van der Waals surface area contributed by atoms with Crippen molar-refractivity contribution in [2.24, 2.45) is 5.41 Å². The molecule has 1 saturated heterocycles. The molecule has 1 aliphatic rings. The van der Waals surface area contributed by atoms with E-state index in [1.807, 2.05) is 43.3 Å². The summed E-state index contributed by atoms with van der Waals surface area (Å²) in [6, 6.07) is 16.6. The number of unbranched alkanes of at least 4 members (excludes halogenated alkanes) is 1. The van der Waals surface area contributed by atoms with Crippen molar-refractivity contribution in [2.45, 2.75) is 98.9 Å². The Kier molecular flexibility index (Phi) is 10.5. The van der Waals surface area contributed by atoms with Crippen molar-refractivity contribution in [3.8, 4) is 0 Å². The quantitative estimate of drug-likeness (QED) is 0.165. The van der Waals surface area contributed by atoms with Crippen LogP contribution in [-0.4, -0.2) is 42.8 Å². The van der Waals surface area contributed by atoms with Crippen LogP contribution in [0.3, 0.4) is 0 Å². The number of cyclic esters (lactones) is 2. The van der Waals surface area contributed by atoms with E-state index in [-0.39, 0.29) is 17.0 Å². The second kappa shape index (κ2) is 13.5. The maximum absolute atomic E-state index is 13.4. The van der Waals surface area contributed by atoms with Crippen molar-refractivity contribution in [3.05, 3.63) is 71.1 Å². The topological polar surface area (TPSA) is 71.1 Å². The van der Waals surface area contributed by atoms with E-state index in [0.29, 0.717) is 12.4 Å². The Hall–Kier alpha value is -3.48. The molecule has 0 bridgehead atoms. The van der Waals surface area contributed by atoms with E-state index < -0.39 is 17.7 Å². The Morgan fingerprint density at radius 1 is 0.902 bits per heavy atom. The van der Waals surface area contributed by atoms with Gasteiger partial charge in [-0.15, -0.1) is 0 Å². The van der Waals surface area contributed by atoms with Crippen molar-refractivity contribution in [1.29, 1.82) is 0 Å². The van der Waals surface area contributed by atoms with Gasteiger partial charge in [-0.2, -0.15) is 0 Å². The van der Waals surface area contributed by atoms with E-state index in [4.69, 9.17) is 9.47 Å². The summed E-state index contributed by atoms with van der Waals surface area (Å²) in [4.78, 5) is 31.0. The van der Waals surface area contributed by atoms with E-state index >= 15 is 0 Å². The fourth-order valence-corrected chi connectivity index (χ4v) is 5.09. The van der Waals surface area contributed by atoms with E-state index in [1.165, 1.54) is 5.56 Å². The van der Waals surface area contributed by atoms with Gasteiger partial charge < -0.3 is 24.6 Å². The van der Waals surface area contributed by atoms with Crippen molar-refractivity contribution >= 4 is 23.3 Å². The van der Waals surface area contributed by atoms with Gasteiger partial charge in [0.05, 0.1) is 0 Å². The first-order chi connectivity index (χ1) is 19.2. The predicted octanol–water partition coefficient (Wildman–Crippen LogP) is 7.27. The molecule has 1 aliphatic heterocycles. The van der Waals surface area contributed by atoms with Gasteiger partial charge in [0.25, 0.3) is 5.79 Å². The lowest BCUT2D eigenvalue weighted by molar-refractivity contribution is -0.222. The summed E-state index contributed by atoms with van der Waals surface area (Å²) in [6.07, 6.45) is 4.83. The number of hydrogen-bond acceptors (Lipinski definition) is 7. The molecule has 0 radical (unpaired) electrons. The molecule has 2 aromatic carbocycles. The van der Waals surface area contributed by atoms with Crippen LogP contribution in [-0.2, 0) is 32.0 Å². The molecule has 1 atom stereocenters. The normalized spacial score (nSPS) is 15.6. The predicted molar refractivity (Wildman–Crippen MR) is 166 cm³/mol. The summed E-state index contributed by atoms with van der Waals surface area (Å²) in [5.74, 6) is -2.28. The molecular formula is C34H49N3O4. The molecule has 224 valence electrons. The average Bonchev–Trinajstić information content (AvgIpc) is 2.87. The van der Waals surface area contributed by atoms with Gasteiger partial charge in [-0.05, 0) is 60.1 Å². The second-order valence-electron chi connectivity index (χ2n) is 12.9. The lowest BCUT2D eigenvalue weighted by Gasteiger charge is -2.38. The molecule has 1 fully saturated rings. The SMILES string of the molecule is CCCCC(CC)N(Cc1ccc(CC(C)(C)C)cc1)C(Nc1ccc(N(C)C)cc1)=C1C(=O)OC(C)(C)OC1=O. The van der Waals surface area contributed by atoms with Crippen LogP contribution in [0, 0.1) is 5.41 Å². The van der Waals surface area contributed by atoms with Crippen LogP contribution >= 0.6 is 0 Å². The third kappa shape index (κ3) is 9.00. The van der Waals surface area contributed by atoms with Crippen LogP contribution in [0.1, 0.15) is 85.3 Å². The van der Waals surface area contributed by atoms with Crippen LogP contribution in [0.15, 0.2) is 59.9 Å². The van der Waals surface area contributed by atoms with Gasteiger partial charge in [0, 0.05) is 51.9 Å². The first-order valence-electron chi connectivity index (χ1n) is 14.8. The van der Waals surface area contributed by atoms with Crippen LogP contribution in [0.4, 0.5) is 11.4 Å². The van der Waals surface area contributed by atoms with Crippen LogP contribution in [0.5, 0.6) is 0 Å². The zero-order chi connectivity index (χ0) is 30.4. The summed E-state index contributed by atoms with van der Waals surface area (Å²) >= 11 is 0. The lowest BCUT2D eigenvalue weighted by atomic mass is 9.88. The number of esters is 2. The number of benzene rings is 2. The molecule has 1 unspecified atom stereocenters. The number of hydrogen-bond donors (Lipinski definition) is 1. The molecule has 1 N–H and O–H groups in total. The number of anilines is 2. The number of nitrogens with one attached hydrogen (secondary N) is 1. The Bertz CT molecular complexity index is 1190. The maximum Gasteiger partial charge on any atom is 0.352 e. The summed E-state index contributed by atoms with van der Waals surface area (Å²) in [6.45, 7) is 14.7.